The molecule has 150 valence electrons. The first-order chi connectivity index (χ1) is 13.5. The number of nitrogens with zero attached hydrogens (tertiary/aromatic N) is 4. The lowest BCUT2D eigenvalue weighted by atomic mass is 9.80. The van der Waals surface area contributed by atoms with Crippen LogP contribution < -0.4 is 0 Å². The molecular formula is C18H22Cl2N6O2. The highest BCUT2D eigenvalue weighted by Crippen LogP contribution is 2.33. The number of hydrogen-bond donors (Lipinski definition) is 2. The molecule has 0 bridgehead atoms. The monoisotopic (exact) mass is 424 g/mol. The zero-order valence-electron chi connectivity index (χ0n) is 15.5. The van der Waals surface area contributed by atoms with Crippen molar-refractivity contribution in [1.82, 2.24) is 30.2 Å². The Morgan fingerprint density at radius 2 is 1.79 bits per heavy atom. The van der Waals surface area contributed by atoms with Crippen LogP contribution in [0.4, 0.5) is 0 Å². The van der Waals surface area contributed by atoms with E-state index in [1.54, 1.807) is 9.80 Å². The number of rotatable bonds is 3. The Balaban J connectivity index is 1.45. The van der Waals surface area contributed by atoms with Gasteiger partial charge in [0.2, 0.25) is 0 Å². The van der Waals surface area contributed by atoms with Gasteiger partial charge in [-0.15, -0.1) is 0 Å². The lowest BCUT2D eigenvalue weighted by molar-refractivity contribution is 0.0299. The Morgan fingerprint density at radius 1 is 1.11 bits per heavy atom. The number of likely N-dealkylation sites (tertiary alicyclic amines) is 2. The number of nitrogens with one attached hydrogen (secondary N) is 2. The molecule has 8 nitrogen and oxygen atoms in total. The van der Waals surface area contributed by atoms with E-state index < -0.39 is 0 Å². The fraction of sp³-hybridized carbons (Fsp3) is 0.556. The number of aromatic nitrogens is 4. The normalized spacial score (nSPS) is 22.2. The minimum Gasteiger partial charge on any atom is -0.337 e. The summed E-state index contributed by atoms with van der Waals surface area (Å²) in [6, 6.07) is 0. The molecule has 2 aliphatic rings. The fourth-order valence-electron chi connectivity index (χ4n) is 4.20. The van der Waals surface area contributed by atoms with E-state index in [4.69, 9.17) is 23.2 Å². The molecule has 2 N–H and O–H groups in total. The number of piperidine rings is 2. The topological polar surface area (TPSA) is 98.0 Å². The minimum absolute atomic E-state index is 0.146. The molecule has 4 heterocycles. The first-order valence-electron chi connectivity index (χ1n) is 9.49. The van der Waals surface area contributed by atoms with Gasteiger partial charge >= 0.3 is 0 Å². The molecular weight excluding hydrogens is 403 g/mol. The van der Waals surface area contributed by atoms with Crippen LogP contribution in [-0.4, -0.2) is 68.2 Å². The van der Waals surface area contributed by atoms with Crippen LogP contribution >= 0.6 is 23.2 Å². The highest BCUT2D eigenvalue weighted by Gasteiger charge is 2.38. The maximum atomic E-state index is 12.9. The van der Waals surface area contributed by atoms with Gasteiger partial charge in [-0.3, -0.25) is 19.8 Å². The Morgan fingerprint density at radius 3 is 2.36 bits per heavy atom. The first kappa shape index (κ1) is 19.3. The quantitative estimate of drug-likeness (QED) is 0.790. The van der Waals surface area contributed by atoms with Crippen LogP contribution in [-0.2, 0) is 6.42 Å². The van der Waals surface area contributed by atoms with E-state index >= 15 is 0 Å². The summed E-state index contributed by atoms with van der Waals surface area (Å²) in [5.74, 6) is 0.429. The maximum absolute atomic E-state index is 12.9. The molecule has 2 aromatic heterocycles. The van der Waals surface area contributed by atoms with Crippen molar-refractivity contribution >= 4 is 35.0 Å². The molecule has 10 heteroatoms. The molecule has 2 aromatic rings. The second-order valence-corrected chi connectivity index (χ2v) is 8.20. The van der Waals surface area contributed by atoms with Crippen LogP contribution in [0.25, 0.3) is 0 Å². The van der Waals surface area contributed by atoms with E-state index in [0.29, 0.717) is 54.3 Å². The average molecular weight is 425 g/mol. The summed E-state index contributed by atoms with van der Waals surface area (Å²) in [6.07, 6.45) is 3.97. The van der Waals surface area contributed by atoms with Gasteiger partial charge in [-0.2, -0.15) is 10.2 Å². The van der Waals surface area contributed by atoms with Crippen LogP contribution in [0.5, 0.6) is 0 Å². The Hall–Kier alpha value is -2.06. The predicted octanol–water partition coefficient (Wildman–Crippen LogP) is 2.63. The molecule has 2 fully saturated rings. The van der Waals surface area contributed by atoms with Crippen molar-refractivity contribution in [3.8, 4) is 0 Å². The molecule has 0 saturated carbocycles. The van der Waals surface area contributed by atoms with Gasteiger partial charge in [0.15, 0.2) is 5.69 Å². The second kappa shape index (κ2) is 7.75. The van der Waals surface area contributed by atoms with Crippen LogP contribution in [0.1, 0.15) is 46.4 Å². The number of aryl methyl sites for hydroxylation is 1. The van der Waals surface area contributed by atoms with Crippen molar-refractivity contribution in [3.63, 3.8) is 0 Å². The van der Waals surface area contributed by atoms with Crippen molar-refractivity contribution in [2.24, 2.45) is 11.8 Å². The van der Waals surface area contributed by atoms with Gasteiger partial charge in [0.25, 0.3) is 11.8 Å². The lowest BCUT2D eigenvalue weighted by Gasteiger charge is -2.44. The molecule has 2 aliphatic heterocycles. The summed E-state index contributed by atoms with van der Waals surface area (Å²) in [4.78, 5) is 29.3. The molecule has 28 heavy (non-hydrogen) atoms. The largest absolute Gasteiger partial charge is 0.337 e. The van der Waals surface area contributed by atoms with Gasteiger partial charge in [-0.25, -0.2) is 0 Å². The average Bonchev–Trinajstić information content (AvgIpc) is 3.31. The van der Waals surface area contributed by atoms with Gasteiger partial charge in [-0.05, 0) is 31.1 Å². The molecule has 4 rings (SSSR count). The van der Waals surface area contributed by atoms with Crippen LogP contribution in [0.15, 0.2) is 6.20 Å². The van der Waals surface area contributed by atoms with Crippen LogP contribution in [0.3, 0.4) is 0 Å². The third kappa shape index (κ3) is 3.39. The van der Waals surface area contributed by atoms with Gasteiger partial charge < -0.3 is 9.80 Å². The number of hydrogen-bond acceptors (Lipinski definition) is 4. The third-order valence-electron chi connectivity index (χ3n) is 5.83. The minimum atomic E-state index is -0.153. The fourth-order valence-corrected chi connectivity index (χ4v) is 4.67. The molecule has 0 aromatic carbocycles. The predicted molar refractivity (Wildman–Crippen MR) is 105 cm³/mol. The van der Waals surface area contributed by atoms with Crippen molar-refractivity contribution in [2.45, 2.75) is 26.2 Å². The Bertz CT molecular complexity index is 895. The van der Waals surface area contributed by atoms with E-state index in [-0.39, 0.29) is 23.4 Å². The van der Waals surface area contributed by atoms with Crippen molar-refractivity contribution in [1.29, 1.82) is 0 Å². The summed E-state index contributed by atoms with van der Waals surface area (Å²) in [6.45, 7) is 4.52. The summed E-state index contributed by atoms with van der Waals surface area (Å²) < 4.78 is 0. The summed E-state index contributed by atoms with van der Waals surface area (Å²) >= 11 is 12.3. The lowest BCUT2D eigenvalue weighted by Crippen LogP contribution is -2.52. The standard InChI is InChI=1S/C18H22Cl2N6O2/c1-2-13-14(20)16(24-22-13)18(28)26-6-4-10-3-5-25(8-11(10)9-26)17(27)15-12(19)7-21-23-15/h7,10-11H,2-6,8-9H2,1H3,(H,21,23)(H,22,24). The summed E-state index contributed by atoms with van der Waals surface area (Å²) in [5.41, 5.74) is 1.37. The molecule has 0 radical (unpaired) electrons. The number of carbonyl (C=O) groups is 2. The molecule has 2 amide bonds. The Kier molecular flexibility index (Phi) is 5.33. The van der Waals surface area contributed by atoms with Crippen molar-refractivity contribution in [3.05, 3.63) is 33.3 Å². The molecule has 2 unspecified atom stereocenters. The zero-order valence-corrected chi connectivity index (χ0v) is 17.1. The van der Waals surface area contributed by atoms with E-state index in [1.165, 1.54) is 6.20 Å². The van der Waals surface area contributed by atoms with E-state index in [0.717, 1.165) is 18.5 Å². The van der Waals surface area contributed by atoms with Crippen molar-refractivity contribution < 1.29 is 9.59 Å². The SMILES string of the molecule is CCc1[nH]nc(C(=O)N2CCC3CCN(C(=O)c4[nH]ncc4Cl)CC3C2)c1Cl. The highest BCUT2D eigenvalue weighted by atomic mass is 35.5. The molecule has 2 saturated heterocycles. The third-order valence-corrected chi connectivity index (χ3v) is 6.52. The number of aromatic amines is 2. The number of H-pyrrole nitrogens is 2. The number of fused-ring (bicyclic) bond motifs is 1. The van der Waals surface area contributed by atoms with Gasteiger partial charge in [0, 0.05) is 26.2 Å². The van der Waals surface area contributed by atoms with Crippen LogP contribution in [0.2, 0.25) is 10.0 Å². The van der Waals surface area contributed by atoms with Gasteiger partial charge in [0.05, 0.1) is 21.9 Å². The molecule has 0 spiro atoms. The van der Waals surface area contributed by atoms with E-state index in [1.807, 2.05) is 6.92 Å². The summed E-state index contributed by atoms with van der Waals surface area (Å²) in [5, 5.41) is 14.2. The number of amides is 2. The van der Waals surface area contributed by atoms with Gasteiger partial charge in [0.1, 0.15) is 5.69 Å². The van der Waals surface area contributed by atoms with E-state index in [9.17, 15) is 9.59 Å². The maximum Gasteiger partial charge on any atom is 0.275 e. The van der Waals surface area contributed by atoms with Crippen LogP contribution in [0, 0.1) is 11.8 Å². The molecule has 0 aliphatic carbocycles. The highest BCUT2D eigenvalue weighted by molar-refractivity contribution is 6.34. The number of halogens is 2. The Labute approximate surface area is 172 Å². The zero-order chi connectivity index (χ0) is 19.8. The van der Waals surface area contributed by atoms with E-state index in [2.05, 4.69) is 20.4 Å². The molecule has 2 atom stereocenters. The first-order valence-corrected chi connectivity index (χ1v) is 10.2. The smallest absolute Gasteiger partial charge is 0.275 e. The van der Waals surface area contributed by atoms with Gasteiger partial charge in [-0.1, -0.05) is 30.1 Å². The second-order valence-electron chi connectivity index (χ2n) is 7.41. The summed E-state index contributed by atoms with van der Waals surface area (Å²) in [7, 11) is 0. The van der Waals surface area contributed by atoms with Crippen molar-refractivity contribution in [2.75, 3.05) is 26.2 Å². The number of carbonyl (C=O) groups excluding carboxylic acids is 2.